The van der Waals surface area contributed by atoms with Crippen LogP contribution in [0.4, 0.5) is 5.69 Å². The van der Waals surface area contributed by atoms with Crippen molar-refractivity contribution in [3.05, 3.63) is 40.4 Å². The standard InChI is InChI=1S/C10H22O.C6H5NO2/c1-3-5-7-9-11-10-8-6-4-2;8-7(9)6-4-2-1-3-5-6/h3-10H2,1-2H3;1-5H. The Morgan fingerprint density at radius 3 is 1.80 bits per heavy atom. The average molecular weight is 281 g/mol. The predicted molar refractivity (Wildman–Crippen MR) is 83.0 cm³/mol. The van der Waals surface area contributed by atoms with Crippen molar-refractivity contribution in [3.63, 3.8) is 0 Å². The number of hydrogen-bond acceptors (Lipinski definition) is 3. The Morgan fingerprint density at radius 1 is 0.950 bits per heavy atom. The number of nitrogens with zero attached hydrogens (tertiary/aromatic N) is 1. The Balaban J connectivity index is 0.000000367. The lowest BCUT2D eigenvalue weighted by molar-refractivity contribution is -0.384. The third kappa shape index (κ3) is 11.7. The van der Waals surface area contributed by atoms with Crippen molar-refractivity contribution in [1.82, 2.24) is 0 Å². The first kappa shape index (κ1) is 18.6. The van der Waals surface area contributed by atoms with Crippen LogP contribution in [-0.4, -0.2) is 18.1 Å². The van der Waals surface area contributed by atoms with Crippen LogP contribution < -0.4 is 0 Å². The van der Waals surface area contributed by atoms with E-state index < -0.39 is 4.92 Å². The van der Waals surface area contributed by atoms with Gasteiger partial charge in [-0.25, -0.2) is 0 Å². The molecule has 0 spiro atoms. The van der Waals surface area contributed by atoms with Gasteiger partial charge in [-0.3, -0.25) is 10.1 Å². The second-order valence-electron chi connectivity index (χ2n) is 4.62. The Hall–Kier alpha value is -1.42. The van der Waals surface area contributed by atoms with E-state index in [-0.39, 0.29) is 5.69 Å². The molecule has 1 aromatic carbocycles. The number of nitro benzene ring substituents is 1. The van der Waals surface area contributed by atoms with Crippen molar-refractivity contribution in [3.8, 4) is 0 Å². The fourth-order valence-corrected chi connectivity index (χ4v) is 1.56. The van der Waals surface area contributed by atoms with Gasteiger partial charge < -0.3 is 4.74 Å². The zero-order valence-corrected chi connectivity index (χ0v) is 12.7. The first-order valence-corrected chi connectivity index (χ1v) is 7.49. The van der Waals surface area contributed by atoms with E-state index >= 15 is 0 Å². The highest BCUT2D eigenvalue weighted by Crippen LogP contribution is 2.06. The molecule has 4 heteroatoms. The topological polar surface area (TPSA) is 52.4 Å². The second-order valence-corrected chi connectivity index (χ2v) is 4.62. The van der Waals surface area contributed by atoms with Crippen LogP contribution >= 0.6 is 0 Å². The first-order chi connectivity index (χ1) is 9.72. The van der Waals surface area contributed by atoms with Crippen molar-refractivity contribution < 1.29 is 9.66 Å². The highest BCUT2D eigenvalue weighted by Gasteiger charge is 1.98. The molecule has 0 saturated carbocycles. The SMILES string of the molecule is CCCCCOCCCCC.O=[N+]([O-])c1ccccc1. The largest absolute Gasteiger partial charge is 0.381 e. The molecular formula is C16H27NO3. The van der Waals surface area contributed by atoms with Crippen molar-refractivity contribution in [1.29, 1.82) is 0 Å². The maximum Gasteiger partial charge on any atom is 0.269 e. The molecule has 1 aromatic rings. The maximum absolute atomic E-state index is 10.0. The van der Waals surface area contributed by atoms with Gasteiger partial charge in [-0.2, -0.15) is 0 Å². The summed E-state index contributed by atoms with van der Waals surface area (Å²) in [6.07, 6.45) is 7.68. The average Bonchev–Trinajstić information content (AvgIpc) is 2.48. The minimum absolute atomic E-state index is 0.137. The molecule has 20 heavy (non-hydrogen) atoms. The number of para-hydroxylation sites is 1. The van der Waals surface area contributed by atoms with Gasteiger partial charge >= 0.3 is 0 Å². The number of rotatable bonds is 9. The number of unbranched alkanes of at least 4 members (excludes halogenated alkanes) is 4. The van der Waals surface area contributed by atoms with Crippen LogP contribution in [0.1, 0.15) is 52.4 Å². The molecule has 114 valence electrons. The van der Waals surface area contributed by atoms with E-state index in [1.54, 1.807) is 18.2 Å². The lowest BCUT2D eigenvalue weighted by atomic mass is 10.2. The molecule has 0 saturated heterocycles. The van der Waals surface area contributed by atoms with Crippen LogP contribution in [0.25, 0.3) is 0 Å². The number of benzene rings is 1. The van der Waals surface area contributed by atoms with Gasteiger partial charge in [0.05, 0.1) is 4.92 Å². The predicted octanol–water partition coefficient (Wildman–Crippen LogP) is 4.98. The van der Waals surface area contributed by atoms with Gasteiger partial charge in [0.2, 0.25) is 0 Å². The molecule has 1 rings (SSSR count). The van der Waals surface area contributed by atoms with Gasteiger partial charge in [0.1, 0.15) is 0 Å². The summed E-state index contributed by atoms with van der Waals surface area (Å²) in [5.74, 6) is 0. The van der Waals surface area contributed by atoms with Crippen LogP contribution in [0, 0.1) is 10.1 Å². The minimum atomic E-state index is -0.417. The van der Waals surface area contributed by atoms with Gasteiger partial charge in [0, 0.05) is 25.3 Å². The zero-order chi connectivity index (χ0) is 15.1. The van der Waals surface area contributed by atoms with Crippen LogP contribution in [-0.2, 0) is 4.74 Å². The molecule has 0 aromatic heterocycles. The van der Waals surface area contributed by atoms with E-state index in [0.29, 0.717) is 0 Å². The Bertz CT molecular complexity index is 320. The highest BCUT2D eigenvalue weighted by molar-refractivity contribution is 5.27. The Labute approximate surface area is 122 Å². The van der Waals surface area contributed by atoms with Crippen molar-refractivity contribution in [2.24, 2.45) is 0 Å². The second kappa shape index (κ2) is 14.0. The van der Waals surface area contributed by atoms with Gasteiger partial charge in [0.25, 0.3) is 5.69 Å². The Morgan fingerprint density at radius 2 is 1.45 bits per heavy atom. The maximum atomic E-state index is 10.0. The summed E-state index contributed by atoms with van der Waals surface area (Å²) >= 11 is 0. The van der Waals surface area contributed by atoms with E-state index in [2.05, 4.69) is 13.8 Å². The lowest BCUT2D eigenvalue weighted by Gasteiger charge is -2.01. The molecule has 0 aliphatic heterocycles. The molecule has 0 bridgehead atoms. The molecule has 0 aliphatic rings. The van der Waals surface area contributed by atoms with Gasteiger partial charge in [0.15, 0.2) is 0 Å². The summed E-state index contributed by atoms with van der Waals surface area (Å²) in [7, 11) is 0. The summed E-state index contributed by atoms with van der Waals surface area (Å²) in [4.78, 5) is 9.59. The summed E-state index contributed by atoms with van der Waals surface area (Å²) in [6, 6.07) is 7.93. The summed E-state index contributed by atoms with van der Waals surface area (Å²) in [5.41, 5.74) is 0.137. The number of non-ortho nitro benzene ring substituents is 1. The van der Waals surface area contributed by atoms with E-state index in [9.17, 15) is 10.1 Å². The van der Waals surface area contributed by atoms with Gasteiger partial charge in [-0.15, -0.1) is 0 Å². The molecule has 0 heterocycles. The summed E-state index contributed by atoms with van der Waals surface area (Å²) in [5, 5.41) is 10.0. The third-order valence-corrected chi connectivity index (χ3v) is 2.75. The van der Waals surface area contributed by atoms with Crippen LogP contribution in [0.15, 0.2) is 30.3 Å². The molecule has 0 fully saturated rings. The van der Waals surface area contributed by atoms with E-state index in [4.69, 9.17) is 4.74 Å². The van der Waals surface area contributed by atoms with Crippen molar-refractivity contribution >= 4 is 5.69 Å². The fourth-order valence-electron chi connectivity index (χ4n) is 1.56. The number of hydrogen-bond donors (Lipinski definition) is 0. The monoisotopic (exact) mass is 281 g/mol. The van der Waals surface area contributed by atoms with Crippen LogP contribution in [0.3, 0.4) is 0 Å². The van der Waals surface area contributed by atoms with E-state index in [0.717, 1.165) is 13.2 Å². The number of ether oxygens (including phenoxy) is 1. The molecule has 4 nitrogen and oxygen atoms in total. The molecule has 0 unspecified atom stereocenters. The quantitative estimate of drug-likeness (QED) is 0.364. The minimum Gasteiger partial charge on any atom is -0.381 e. The number of nitro groups is 1. The summed E-state index contributed by atoms with van der Waals surface area (Å²) < 4.78 is 5.44. The van der Waals surface area contributed by atoms with Crippen LogP contribution in [0.2, 0.25) is 0 Å². The van der Waals surface area contributed by atoms with Crippen LogP contribution in [0.5, 0.6) is 0 Å². The van der Waals surface area contributed by atoms with Crippen molar-refractivity contribution in [2.75, 3.05) is 13.2 Å². The third-order valence-electron chi connectivity index (χ3n) is 2.75. The molecule has 0 atom stereocenters. The van der Waals surface area contributed by atoms with E-state index in [1.807, 2.05) is 0 Å². The van der Waals surface area contributed by atoms with E-state index in [1.165, 1.54) is 50.7 Å². The molecule has 0 aliphatic carbocycles. The Kier molecular flexibility index (Phi) is 13.0. The van der Waals surface area contributed by atoms with Crippen molar-refractivity contribution in [2.45, 2.75) is 52.4 Å². The smallest absolute Gasteiger partial charge is 0.269 e. The fraction of sp³-hybridized carbons (Fsp3) is 0.625. The highest BCUT2D eigenvalue weighted by atomic mass is 16.6. The molecule has 0 radical (unpaired) electrons. The normalized spacial score (nSPS) is 9.70. The first-order valence-electron chi connectivity index (χ1n) is 7.49. The van der Waals surface area contributed by atoms with Gasteiger partial charge in [-0.05, 0) is 12.8 Å². The molecular weight excluding hydrogens is 254 g/mol. The molecule has 0 amide bonds. The lowest BCUT2D eigenvalue weighted by Crippen LogP contribution is -1.96. The zero-order valence-electron chi connectivity index (χ0n) is 12.7. The molecule has 0 N–H and O–H groups in total. The van der Waals surface area contributed by atoms with Gasteiger partial charge in [-0.1, -0.05) is 57.7 Å². The summed E-state index contributed by atoms with van der Waals surface area (Å²) in [6.45, 7) is 6.38.